The molecule has 0 atom stereocenters. The molecule has 2 aromatic heterocycles. The maximum absolute atomic E-state index is 13.1. The van der Waals surface area contributed by atoms with Crippen LogP contribution in [0.3, 0.4) is 0 Å². The topological polar surface area (TPSA) is 111 Å². The van der Waals surface area contributed by atoms with Gasteiger partial charge in [0.1, 0.15) is 11.5 Å². The van der Waals surface area contributed by atoms with Gasteiger partial charge in [-0.05, 0) is 49.4 Å². The molecule has 1 aliphatic rings. The van der Waals surface area contributed by atoms with Gasteiger partial charge in [0.15, 0.2) is 0 Å². The third-order valence-electron chi connectivity index (χ3n) is 6.05. The van der Waals surface area contributed by atoms with E-state index in [4.69, 9.17) is 15.2 Å². The van der Waals surface area contributed by atoms with E-state index in [2.05, 4.69) is 14.9 Å². The molecule has 8 heteroatoms. The molecule has 0 bridgehead atoms. The lowest BCUT2D eigenvalue weighted by Gasteiger charge is -2.05. The van der Waals surface area contributed by atoms with Crippen molar-refractivity contribution in [1.29, 1.82) is 0 Å². The molecule has 3 heterocycles. The number of imide groups is 1. The summed E-state index contributed by atoms with van der Waals surface area (Å²) in [6.45, 7) is 1.25. The molecule has 0 spiro atoms. The fourth-order valence-corrected chi connectivity index (χ4v) is 4.45. The van der Waals surface area contributed by atoms with Crippen molar-refractivity contribution >= 4 is 44.8 Å². The Morgan fingerprint density at radius 2 is 1.58 bits per heavy atom. The predicted octanol–water partition coefficient (Wildman–Crippen LogP) is 3.06. The Morgan fingerprint density at radius 1 is 0.909 bits per heavy atom. The second kappa shape index (κ2) is 8.14. The highest BCUT2D eigenvalue weighted by Crippen LogP contribution is 2.39. The number of amides is 2. The van der Waals surface area contributed by atoms with Gasteiger partial charge >= 0.3 is 0 Å². The number of hydrogen-bond donors (Lipinski definition) is 3. The van der Waals surface area contributed by atoms with E-state index in [9.17, 15) is 9.59 Å². The number of nitrogens with one attached hydrogen (secondary N) is 2. The van der Waals surface area contributed by atoms with E-state index in [1.807, 2.05) is 42.6 Å². The van der Waals surface area contributed by atoms with Gasteiger partial charge in [0.25, 0.3) is 11.8 Å². The molecule has 2 amide bonds. The summed E-state index contributed by atoms with van der Waals surface area (Å²) in [7, 11) is 3.19. The van der Waals surface area contributed by atoms with E-state index in [-0.39, 0.29) is 0 Å². The smallest absolute Gasteiger partial charge is 0.259 e. The molecule has 1 aliphatic heterocycles. The van der Waals surface area contributed by atoms with Gasteiger partial charge in [0.2, 0.25) is 0 Å². The number of nitrogens with two attached hydrogens (primary N) is 1. The molecular formula is C25H24N4O4. The number of H-pyrrole nitrogens is 1. The minimum Gasteiger partial charge on any atom is -0.497 e. The number of aromatic nitrogens is 2. The lowest BCUT2D eigenvalue weighted by molar-refractivity contribution is -0.122. The van der Waals surface area contributed by atoms with Crippen LogP contribution >= 0.6 is 0 Å². The lowest BCUT2D eigenvalue weighted by atomic mass is 9.95. The van der Waals surface area contributed by atoms with E-state index in [0.29, 0.717) is 46.9 Å². The zero-order valence-electron chi connectivity index (χ0n) is 18.4. The van der Waals surface area contributed by atoms with Crippen LogP contribution in [0.5, 0.6) is 11.5 Å². The molecule has 0 saturated heterocycles. The lowest BCUT2D eigenvalue weighted by Crippen LogP contribution is -2.22. The molecule has 33 heavy (non-hydrogen) atoms. The summed E-state index contributed by atoms with van der Waals surface area (Å²) in [5.41, 5.74) is 9.52. The van der Waals surface area contributed by atoms with Gasteiger partial charge in [-0.15, -0.1) is 0 Å². The minimum atomic E-state index is -0.426. The van der Waals surface area contributed by atoms with Crippen molar-refractivity contribution in [2.24, 2.45) is 5.73 Å². The van der Waals surface area contributed by atoms with E-state index in [1.165, 1.54) is 0 Å². The standard InChI is InChI=1S/C25H24N4O4/c1-32-14-4-6-20-16(10-14)18(12-27-20)22-23(25(31)28-24(22)30)19-13-29(9-3-8-26)21-7-5-15(33-2)11-17(19)21/h4-7,10-13,27H,3,8-9,26H2,1-2H3,(H,28,30,31). The van der Waals surface area contributed by atoms with Crippen LogP contribution < -0.4 is 20.5 Å². The molecule has 5 rings (SSSR count). The fourth-order valence-electron chi connectivity index (χ4n) is 4.45. The van der Waals surface area contributed by atoms with Crippen LogP contribution in [0, 0.1) is 0 Å². The summed E-state index contributed by atoms with van der Waals surface area (Å²) in [6, 6.07) is 11.3. The fraction of sp³-hybridized carbons (Fsp3) is 0.200. The van der Waals surface area contributed by atoms with Crippen molar-refractivity contribution in [1.82, 2.24) is 14.9 Å². The number of nitrogens with zero attached hydrogens (tertiary/aromatic N) is 1. The summed E-state index contributed by atoms with van der Waals surface area (Å²) < 4.78 is 12.9. The largest absolute Gasteiger partial charge is 0.497 e. The zero-order valence-corrected chi connectivity index (χ0v) is 18.4. The molecule has 0 aliphatic carbocycles. The number of carbonyl (C=O) groups excluding carboxylic acids is 2. The molecule has 0 saturated carbocycles. The van der Waals surface area contributed by atoms with Crippen molar-refractivity contribution in [3.05, 3.63) is 59.9 Å². The van der Waals surface area contributed by atoms with E-state index < -0.39 is 11.8 Å². The first-order chi connectivity index (χ1) is 16.0. The first kappa shape index (κ1) is 20.8. The Balaban J connectivity index is 1.79. The highest BCUT2D eigenvalue weighted by atomic mass is 16.5. The second-order valence-electron chi connectivity index (χ2n) is 7.91. The van der Waals surface area contributed by atoms with Crippen LogP contribution in [0.4, 0.5) is 0 Å². The van der Waals surface area contributed by atoms with Crippen LogP contribution in [0.1, 0.15) is 17.5 Å². The molecule has 0 fully saturated rings. The van der Waals surface area contributed by atoms with Gasteiger partial charge in [-0.25, -0.2) is 0 Å². The number of ether oxygens (including phenoxy) is 2. The normalized spacial score (nSPS) is 13.9. The van der Waals surface area contributed by atoms with Crippen LogP contribution in [-0.4, -0.2) is 42.1 Å². The maximum Gasteiger partial charge on any atom is 0.259 e. The second-order valence-corrected chi connectivity index (χ2v) is 7.91. The Labute approximate surface area is 190 Å². The Kier molecular flexibility index (Phi) is 5.14. The molecule has 168 valence electrons. The number of fused-ring (bicyclic) bond motifs is 2. The van der Waals surface area contributed by atoms with Crippen molar-refractivity contribution < 1.29 is 19.1 Å². The number of carbonyl (C=O) groups is 2. The highest BCUT2D eigenvalue weighted by Gasteiger charge is 2.35. The number of hydrogen-bond acceptors (Lipinski definition) is 5. The van der Waals surface area contributed by atoms with Crippen molar-refractivity contribution in [2.45, 2.75) is 13.0 Å². The summed E-state index contributed by atoms with van der Waals surface area (Å²) in [4.78, 5) is 29.3. The minimum absolute atomic E-state index is 0.334. The summed E-state index contributed by atoms with van der Waals surface area (Å²) >= 11 is 0. The van der Waals surface area contributed by atoms with Crippen molar-refractivity contribution in [3.63, 3.8) is 0 Å². The third kappa shape index (κ3) is 3.35. The highest BCUT2D eigenvalue weighted by molar-refractivity contribution is 6.50. The quantitative estimate of drug-likeness (QED) is 0.380. The maximum atomic E-state index is 13.1. The zero-order chi connectivity index (χ0) is 23.1. The summed E-state index contributed by atoms with van der Waals surface area (Å²) in [6.07, 6.45) is 4.46. The monoisotopic (exact) mass is 444 g/mol. The van der Waals surface area contributed by atoms with Gasteiger partial charge in [-0.2, -0.15) is 0 Å². The van der Waals surface area contributed by atoms with Crippen molar-refractivity contribution in [3.8, 4) is 11.5 Å². The van der Waals surface area contributed by atoms with Crippen LogP contribution in [0.15, 0.2) is 48.8 Å². The van der Waals surface area contributed by atoms with Gasteiger partial charge in [-0.1, -0.05) is 0 Å². The number of rotatable bonds is 7. The average molecular weight is 444 g/mol. The Hall–Kier alpha value is -4.04. The molecule has 4 N–H and O–H groups in total. The number of benzene rings is 2. The van der Waals surface area contributed by atoms with Crippen molar-refractivity contribution in [2.75, 3.05) is 20.8 Å². The number of aryl methyl sites for hydroxylation is 1. The molecular weight excluding hydrogens is 420 g/mol. The molecule has 4 aromatic rings. The number of aromatic amines is 1. The first-order valence-corrected chi connectivity index (χ1v) is 10.7. The molecule has 0 unspecified atom stereocenters. The molecule has 2 aromatic carbocycles. The van der Waals surface area contributed by atoms with Gasteiger partial charge in [0.05, 0.1) is 25.4 Å². The first-order valence-electron chi connectivity index (χ1n) is 10.7. The Bertz CT molecular complexity index is 1440. The van der Waals surface area contributed by atoms with Crippen LogP contribution in [0.2, 0.25) is 0 Å². The average Bonchev–Trinajstić information content (AvgIpc) is 3.49. The van der Waals surface area contributed by atoms with Crippen LogP contribution in [-0.2, 0) is 16.1 Å². The SMILES string of the molecule is COc1ccc2[nH]cc(C3=C(c4cn(CCCN)c5ccc(OC)cc45)C(=O)NC3=O)c2c1. The van der Waals surface area contributed by atoms with E-state index in [1.54, 1.807) is 20.4 Å². The van der Waals surface area contributed by atoms with Gasteiger partial charge in [0, 0.05) is 51.9 Å². The van der Waals surface area contributed by atoms with E-state index >= 15 is 0 Å². The van der Waals surface area contributed by atoms with Crippen LogP contribution in [0.25, 0.3) is 33.0 Å². The summed E-state index contributed by atoms with van der Waals surface area (Å²) in [5.74, 6) is 0.486. The van der Waals surface area contributed by atoms with Gasteiger partial charge < -0.3 is 24.8 Å². The van der Waals surface area contributed by atoms with E-state index in [0.717, 1.165) is 28.2 Å². The third-order valence-corrected chi connectivity index (χ3v) is 6.05. The molecule has 0 radical (unpaired) electrons. The molecule has 8 nitrogen and oxygen atoms in total. The Morgan fingerprint density at radius 3 is 2.27 bits per heavy atom. The number of methoxy groups -OCH3 is 2. The summed E-state index contributed by atoms with van der Waals surface area (Å²) in [5, 5.41) is 4.12. The van der Waals surface area contributed by atoms with Gasteiger partial charge in [-0.3, -0.25) is 14.9 Å². The predicted molar refractivity (Wildman–Crippen MR) is 127 cm³/mol.